The highest BCUT2D eigenvalue weighted by molar-refractivity contribution is 9.10. The van der Waals surface area contributed by atoms with Crippen LogP contribution < -0.4 is 5.32 Å². The van der Waals surface area contributed by atoms with Gasteiger partial charge in [-0.1, -0.05) is 0 Å². The van der Waals surface area contributed by atoms with Gasteiger partial charge in [0.15, 0.2) is 0 Å². The molecule has 0 bridgehead atoms. The summed E-state index contributed by atoms with van der Waals surface area (Å²) in [5, 5.41) is 7.43. The summed E-state index contributed by atoms with van der Waals surface area (Å²) in [4.78, 5) is 0. The van der Waals surface area contributed by atoms with E-state index < -0.39 is 11.6 Å². The number of hydrogen-bond donors (Lipinski definition) is 1. The average Bonchev–Trinajstić information content (AvgIpc) is 2.76. The van der Waals surface area contributed by atoms with E-state index in [1.165, 1.54) is 12.1 Å². The number of benzene rings is 1. The standard InChI is InChI=1S/C15H18BrF2N3/c1-10-8-11(2)21(20-10)7-3-6-19-9-12-14(17)5-4-13(16)15(12)18/h4-5,8,19H,3,6-7,9H2,1-2H3. The first-order valence-corrected chi connectivity index (χ1v) is 7.62. The van der Waals surface area contributed by atoms with Crippen molar-refractivity contribution in [1.82, 2.24) is 15.1 Å². The molecule has 0 saturated heterocycles. The zero-order valence-corrected chi connectivity index (χ0v) is 13.7. The molecule has 0 atom stereocenters. The van der Waals surface area contributed by atoms with E-state index in [4.69, 9.17) is 0 Å². The highest BCUT2D eigenvalue weighted by Gasteiger charge is 2.11. The zero-order chi connectivity index (χ0) is 15.4. The third kappa shape index (κ3) is 4.11. The van der Waals surface area contributed by atoms with Gasteiger partial charge in [0.1, 0.15) is 11.6 Å². The van der Waals surface area contributed by atoms with Crippen LogP contribution in [0.15, 0.2) is 22.7 Å². The molecule has 1 aromatic carbocycles. The number of nitrogens with zero attached hydrogens (tertiary/aromatic N) is 2. The molecule has 3 nitrogen and oxygen atoms in total. The summed E-state index contributed by atoms with van der Waals surface area (Å²) in [6.45, 7) is 5.61. The van der Waals surface area contributed by atoms with Crippen molar-refractivity contribution >= 4 is 15.9 Å². The second-order valence-electron chi connectivity index (χ2n) is 5.00. The van der Waals surface area contributed by atoms with Crippen LogP contribution in [0.4, 0.5) is 8.78 Å². The van der Waals surface area contributed by atoms with Gasteiger partial charge in [-0.3, -0.25) is 4.68 Å². The lowest BCUT2D eigenvalue weighted by atomic mass is 10.2. The van der Waals surface area contributed by atoms with Crippen LogP contribution in [0.2, 0.25) is 0 Å². The first-order valence-electron chi connectivity index (χ1n) is 6.83. The van der Waals surface area contributed by atoms with E-state index in [0.29, 0.717) is 6.54 Å². The molecule has 6 heteroatoms. The Labute approximate surface area is 131 Å². The van der Waals surface area contributed by atoms with Crippen molar-refractivity contribution in [3.63, 3.8) is 0 Å². The molecule has 1 heterocycles. The van der Waals surface area contributed by atoms with Gasteiger partial charge in [0, 0.05) is 24.3 Å². The van der Waals surface area contributed by atoms with E-state index in [1.807, 2.05) is 24.6 Å². The van der Waals surface area contributed by atoms with Crippen molar-refractivity contribution in [1.29, 1.82) is 0 Å². The number of aromatic nitrogens is 2. The molecule has 21 heavy (non-hydrogen) atoms. The van der Waals surface area contributed by atoms with Gasteiger partial charge < -0.3 is 5.32 Å². The molecule has 0 spiro atoms. The lowest BCUT2D eigenvalue weighted by molar-refractivity contribution is 0.506. The Morgan fingerprint density at radius 1 is 1.29 bits per heavy atom. The third-order valence-corrected chi connectivity index (χ3v) is 3.88. The topological polar surface area (TPSA) is 29.9 Å². The predicted octanol–water partition coefficient (Wildman–Crippen LogP) is 3.72. The summed E-state index contributed by atoms with van der Waals surface area (Å²) >= 11 is 3.06. The molecule has 2 aromatic rings. The molecule has 1 N–H and O–H groups in total. The Morgan fingerprint density at radius 3 is 2.71 bits per heavy atom. The molecule has 0 aliphatic carbocycles. The fourth-order valence-corrected chi connectivity index (χ4v) is 2.57. The molecule has 0 fully saturated rings. The van der Waals surface area contributed by atoms with Gasteiger partial charge >= 0.3 is 0 Å². The number of rotatable bonds is 6. The zero-order valence-electron chi connectivity index (χ0n) is 12.1. The second kappa shape index (κ2) is 7.13. The molecule has 0 unspecified atom stereocenters. The molecule has 114 valence electrons. The Hall–Kier alpha value is -1.27. The molecular formula is C15H18BrF2N3. The van der Waals surface area contributed by atoms with Crippen molar-refractivity contribution in [2.75, 3.05) is 6.54 Å². The van der Waals surface area contributed by atoms with E-state index in [2.05, 4.69) is 26.3 Å². The predicted molar refractivity (Wildman–Crippen MR) is 82.1 cm³/mol. The maximum Gasteiger partial charge on any atom is 0.144 e. The lowest BCUT2D eigenvalue weighted by Crippen LogP contribution is -2.19. The molecule has 2 rings (SSSR count). The minimum absolute atomic E-state index is 0.0653. The Morgan fingerprint density at radius 2 is 2.05 bits per heavy atom. The SMILES string of the molecule is Cc1cc(C)n(CCCNCc2c(F)ccc(Br)c2F)n1. The van der Waals surface area contributed by atoms with Gasteiger partial charge in [-0.2, -0.15) is 5.10 Å². The Kier molecular flexibility index (Phi) is 5.47. The first kappa shape index (κ1) is 16.1. The van der Waals surface area contributed by atoms with Crippen molar-refractivity contribution in [3.05, 3.63) is 51.3 Å². The summed E-state index contributed by atoms with van der Waals surface area (Å²) in [6.07, 6.45) is 0.846. The molecule has 0 saturated carbocycles. The highest BCUT2D eigenvalue weighted by atomic mass is 79.9. The van der Waals surface area contributed by atoms with Crippen LogP contribution in [0, 0.1) is 25.5 Å². The lowest BCUT2D eigenvalue weighted by Gasteiger charge is -2.09. The van der Waals surface area contributed by atoms with E-state index in [9.17, 15) is 8.78 Å². The number of nitrogens with one attached hydrogen (secondary N) is 1. The van der Waals surface area contributed by atoms with Crippen LogP contribution in [-0.4, -0.2) is 16.3 Å². The highest BCUT2D eigenvalue weighted by Crippen LogP contribution is 2.21. The van der Waals surface area contributed by atoms with Crippen LogP contribution in [0.3, 0.4) is 0 Å². The maximum atomic E-state index is 13.8. The van der Waals surface area contributed by atoms with Gasteiger partial charge in [0.25, 0.3) is 0 Å². The molecule has 0 aliphatic heterocycles. The van der Waals surface area contributed by atoms with E-state index in [-0.39, 0.29) is 16.6 Å². The van der Waals surface area contributed by atoms with Crippen LogP contribution in [0.25, 0.3) is 0 Å². The normalized spacial score (nSPS) is 11.1. The monoisotopic (exact) mass is 357 g/mol. The molecule has 1 aromatic heterocycles. The number of hydrogen-bond acceptors (Lipinski definition) is 2. The van der Waals surface area contributed by atoms with Gasteiger partial charge in [-0.25, -0.2) is 8.78 Å². The van der Waals surface area contributed by atoms with E-state index in [0.717, 1.165) is 24.4 Å². The fourth-order valence-electron chi connectivity index (χ4n) is 2.20. The quantitative estimate of drug-likeness (QED) is 0.630. The number of halogens is 3. The first-order chi connectivity index (χ1) is 9.99. The van der Waals surface area contributed by atoms with Gasteiger partial charge in [-0.05, 0) is 60.9 Å². The second-order valence-corrected chi connectivity index (χ2v) is 5.86. The van der Waals surface area contributed by atoms with Gasteiger partial charge in [-0.15, -0.1) is 0 Å². The summed E-state index contributed by atoms with van der Waals surface area (Å²) < 4.78 is 29.5. The van der Waals surface area contributed by atoms with Crippen LogP contribution >= 0.6 is 15.9 Å². The minimum Gasteiger partial charge on any atom is -0.312 e. The minimum atomic E-state index is -0.541. The number of aryl methyl sites for hydroxylation is 3. The molecule has 0 radical (unpaired) electrons. The van der Waals surface area contributed by atoms with Crippen LogP contribution in [-0.2, 0) is 13.1 Å². The van der Waals surface area contributed by atoms with E-state index in [1.54, 1.807) is 0 Å². The Bertz CT molecular complexity index is 626. The maximum absolute atomic E-state index is 13.8. The largest absolute Gasteiger partial charge is 0.312 e. The van der Waals surface area contributed by atoms with E-state index >= 15 is 0 Å². The van der Waals surface area contributed by atoms with Crippen molar-refractivity contribution in [3.8, 4) is 0 Å². The van der Waals surface area contributed by atoms with Gasteiger partial charge in [0.05, 0.1) is 10.2 Å². The molecule has 0 aliphatic rings. The third-order valence-electron chi connectivity index (χ3n) is 3.27. The molecule has 0 amide bonds. The van der Waals surface area contributed by atoms with Crippen LogP contribution in [0.5, 0.6) is 0 Å². The molecular weight excluding hydrogens is 340 g/mol. The average molecular weight is 358 g/mol. The van der Waals surface area contributed by atoms with Crippen molar-refractivity contribution in [2.24, 2.45) is 0 Å². The van der Waals surface area contributed by atoms with Crippen LogP contribution in [0.1, 0.15) is 23.4 Å². The fraction of sp³-hybridized carbons (Fsp3) is 0.400. The summed E-state index contributed by atoms with van der Waals surface area (Å²) in [7, 11) is 0. The summed E-state index contributed by atoms with van der Waals surface area (Å²) in [5.74, 6) is -1.07. The van der Waals surface area contributed by atoms with Crippen molar-refractivity contribution < 1.29 is 8.78 Å². The smallest absolute Gasteiger partial charge is 0.144 e. The summed E-state index contributed by atoms with van der Waals surface area (Å²) in [5.41, 5.74) is 2.19. The van der Waals surface area contributed by atoms with Gasteiger partial charge in [0.2, 0.25) is 0 Å². The Balaban J connectivity index is 1.80. The van der Waals surface area contributed by atoms with Crippen molar-refractivity contribution in [2.45, 2.75) is 33.4 Å². The summed E-state index contributed by atoms with van der Waals surface area (Å²) in [6, 6.07) is 4.66.